The van der Waals surface area contributed by atoms with Gasteiger partial charge in [-0.25, -0.2) is 4.98 Å². The first-order valence-electron chi connectivity index (χ1n) is 7.73. The molecule has 0 aliphatic carbocycles. The molecule has 0 radical (unpaired) electrons. The average molecular weight is 304 g/mol. The van der Waals surface area contributed by atoms with E-state index in [1.165, 1.54) is 0 Å². The number of aromatic nitrogens is 1. The zero-order valence-electron chi connectivity index (χ0n) is 13.1. The first-order chi connectivity index (χ1) is 11.3. The molecule has 1 aromatic heterocycles. The summed E-state index contributed by atoms with van der Waals surface area (Å²) >= 11 is 0. The molecule has 0 aliphatic rings. The normalized spacial score (nSPS) is 12.1. The Morgan fingerprint density at radius 2 is 1.35 bits per heavy atom. The Bertz CT molecular complexity index is 699. The molecular weight excluding hydrogens is 284 g/mol. The number of pyridine rings is 1. The van der Waals surface area contributed by atoms with Crippen LogP contribution in [0.4, 0.5) is 0 Å². The van der Waals surface area contributed by atoms with Crippen LogP contribution in [-0.4, -0.2) is 23.7 Å². The van der Waals surface area contributed by atoms with E-state index in [0.29, 0.717) is 6.54 Å². The molecule has 0 spiro atoms. The fourth-order valence-electron chi connectivity index (χ4n) is 2.57. The summed E-state index contributed by atoms with van der Waals surface area (Å²) in [6.07, 6.45) is -0.562. The van der Waals surface area contributed by atoms with Gasteiger partial charge in [-0.2, -0.15) is 0 Å². The predicted octanol–water partition coefficient (Wildman–Crippen LogP) is 3.67. The van der Waals surface area contributed by atoms with Gasteiger partial charge < -0.3 is 10.4 Å². The van der Waals surface area contributed by atoms with Crippen molar-refractivity contribution in [3.05, 3.63) is 78.4 Å². The number of rotatable bonds is 5. The smallest absolute Gasteiger partial charge is 0.0915 e. The lowest BCUT2D eigenvalue weighted by Gasteiger charge is -2.14. The van der Waals surface area contributed by atoms with Crippen molar-refractivity contribution in [3.63, 3.8) is 0 Å². The molecular formula is C20H20N2O. The molecule has 0 saturated carbocycles. The minimum Gasteiger partial charge on any atom is -0.387 e. The van der Waals surface area contributed by atoms with Crippen molar-refractivity contribution in [3.8, 4) is 22.5 Å². The molecule has 23 heavy (non-hydrogen) atoms. The molecule has 0 saturated heterocycles. The predicted molar refractivity (Wildman–Crippen MR) is 94.0 cm³/mol. The minimum atomic E-state index is -0.562. The third-order valence-corrected chi connectivity index (χ3v) is 3.77. The molecule has 3 nitrogen and oxygen atoms in total. The summed E-state index contributed by atoms with van der Waals surface area (Å²) < 4.78 is 0. The summed E-state index contributed by atoms with van der Waals surface area (Å²) in [5, 5.41) is 13.4. The van der Waals surface area contributed by atoms with Crippen molar-refractivity contribution in [2.24, 2.45) is 0 Å². The van der Waals surface area contributed by atoms with Gasteiger partial charge in [0, 0.05) is 17.7 Å². The van der Waals surface area contributed by atoms with Crippen LogP contribution >= 0.6 is 0 Å². The van der Waals surface area contributed by atoms with Gasteiger partial charge in [0.25, 0.3) is 0 Å². The van der Waals surface area contributed by atoms with Crippen LogP contribution in [0, 0.1) is 0 Å². The number of hydrogen-bond acceptors (Lipinski definition) is 3. The number of likely N-dealkylation sites (N-methyl/N-ethyl adjacent to an activating group) is 1. The Kier molecular flexibility index (Phi) is 4.81. The van der Waals surface area contributed by atoms with Crippen molar-refractivity contribution in [2.45, 2.75) is 6.10 Å². The first-order valence-corrected chi connectivity index (χ1v) is 7.73. The SMILES string of the molecule is CNCC(O)c1cc(-c2ccccc2)nc(-c2ccccc2)c1. The standard InChI is InChI=1S/C20H20N2O/c1-21-14-20(23)17-12-18(15-8-4-2-5-9-15)22-19(13-17)16-10-6-3-7-11-16/h2-13,20-21,23H,14H2,1H3. The third-order valence-electron chi connectivity index (χ3n) is 3.77. The van der Waals surface area contributed by atoms with Gasteiger partial charge in [-0.05, 0) is 24.7 Å². The first kappa shape index (κ1) is 15.4. The van der Waals surface area contributed by atoms with E-state index < -0.39 is 6.10 Å². The lowest BCUT2D eigenvalue weighted by Crippen LogP contribution is -2.17. The summed E-state index contributed by atoms with van der Waals surface area (Å²) in [5.74, 6) is 0. The molecule has 1 heterocycles. The van der Waals surface area contributed by atoms with Gasteiger partial charge in [0.1, 0.15) is 0 Å². The molecule has 116 valence electrons. The van der Waals surface area contributed by atoms with Crippen molar-refractivity contribution in [2.75, 3.05) is 13.6 Å². The number of nitrogens with zero attached hydrogens (tertiary/aromatic N) is 1. The number of hydrogen-bond donors (Lipinski definition) is 2. The van der Waals surface area contributed by atoms with E-state index in [-0.39, 0.29) is 0 Å². The minimum absolute atomic E-state index is 0.506. The quantitative estimate of drug-likeness (QED) is 0.756. The van der Waals surface area contributed by atoms with E-state index in [9.17, 15) is 5.11 Å². The number of nitrogens with one attached hydrogen (secondary N) is 1. The molecule has 0 aliphatic heterocycles. The van der Waals surface area contributed by atoms with Crippen molar-refractivity contribution >= 4 is 0 Å². The van der Waals surface area contributed by atoms with E-state index in [4.69, 9.17) is 4.98 Å². The topological polar surface area (TPSA) is 45.1 Å². The summed E-state index contributed by atoms with van der Waals surface area (Å²) in [7, 11) is 1.83. The third kappa shape index (κ3) is 3.65. The Morgan fingerprint density at radius 1 is 0.870 bits per heavy atom. The molecule has 0 amide bonds. The molecule has 3 aromatic rings. The van der Waals surface area contributed by atoms with Gasteiger partial charge in [-0.3, -0.25) is 0 Å². The number of benzene rings is 2. The Hall–Kier alpha value is -2.49. The Morgan fingerprint density at radius 3 is 1.78 bits per heavy atom. The van der Waals surface area contributed by atoms with Crippen LogP contribution in [0.15, 0.2) is 72.8 Å². The van der Waals surface area contributed by atoms with Gasteiger partial charge in [0.15, 0.2) is 0 Å². The molecule has 1 unspecified atom stereocenters. The van der Waals surface area contributed by atoms with Crippen molar-refractivity contribution in [1.29, 1.82) is 0 Å². The highest BCUT2D eigenvalue weighted by molar-refractivity contribution is 5.67. The molecule has 3 rings (SSSR count). The van der Waals surface area contributed by atoms with Crippen LogP contribution in [0.3, 0.4) is 0 Å². The van der Waals surface area contributed by atoms with E-state index in [1.54, 1.807) is 0 Å². The maximum atomic E-state index is 10.4. The van der Waals surface area contributed by atoms with Gasteiger partial charge in [0.05, 0.1) is 17.5 Å². The maximum Gasteiger partial charge on any atom is 0.0915 e. The van der Waals surface area contributed by atoms with Gasteiger partial charge >= 0.3 is 0 Å². The second-order valence-electron chi connectivity index (χ2n) is 5.48. The van der Waals surface area contributed by atoms with Crippen LogP contribution in [0.25, 0.3) is 22.5 Å². The largest absolute Gasteiger partial charge is 0.387 e. The fourth-order valence-corrected chi connectivity index (χ4v) is 2.57. The van der Waals surface area contributed by atoms with Crippen LogP contribution in [0.1, 0.15) is 11.7 Å². The zero-order valence-corrected chi connectivity index (χ0v) is 13.1. The van der Waals surface area contributed by atoms with Crippen LogP contribution < -0.4 is 5.32 Å². The second-order valence-corrected chi connectivity index (χ2v) is 5.48. The van der Waals surface area contributed by atoms with E-state index in [0.717, 1.165) is 28.1 Å². The molecule has 2 aromatic carbocycles. The average Bonchev–Trinajstić information content (AvgIpc) is 2.63. The molecule has 0 bridgehead atoms. The van der Waals surface area contributed by atoms with Crippen molar-refractivity contribution in [1.82, 2.24) is 10.3 Å². The highest BCUT2D eigenvalue weighted by Crippen LogP contribution is 2.27. The molecule has 1 atom stereocenters. The lowest BCUT2D eigenvalue weighted by molar-refractivity contribution is 0.178. The molecule has 2 N–H and O–H groups in total. The summed E-state index contributed by atoms with van der Waals surface area (Å²) in [4.78, 5) is 4.78. The monoisotopic (exact) mass is 304 g/mol. The second kappa shape index (κ2) is 7.18. The fraction of sp³-hybridized carbons (Fsp3) is 0.150. The molecule has 0 fully saturated rings. The Balaban J connectivity index is 2.11. The van der Waals surface area contributed by atoms with Crippen LogP contribution in [-0.2, 0) is 0 Å². The highest BCUT2D eigenvalue weighted by atomic mass is 16.3. The number of aliphatic hydroxyl groups excluding tert-OH is 1. The summed E-state index contributed by atoms with van der Waals surface area (Å²) in [5.41, 5.74) is 4.70. The zero-order chi connectivity index (χ0) is 16.1. The highest BCUT2D eigenvalue weighted by Gasteiger charge is 2.12. The maximum absolute atomic E-state index is 10.4. The summed E-state index contributed by atoms with van der Waals surface area (Å²) in [6.45, 7) is 0.506. The van der Waals surface area contributed by atoms with Gasteiger partial charge in [-0.15, -0.1) is 0 Å². The van der Waals surface area contributed by atoms with E-state index in [1.807, 2.05) is 79.8 Å². The molecule has 3 heteroatoms. The Labute approximate surface area is 136 Å². The van der Waals surface area contributed by atoms with Crippen LogP contribution in [0.2, 0.25) is 0 Å². The van der Waals surface area contributed by atoms with Crippen LogP contribution in [0.5, 0.6) is 0 Å². The lowest BCUT2D eigenvalue weighted by atomic mass is 10.0. The van der Waals surface area contributed by atoms with Gasteiger partial charge in [0.2, 0.25) is 0 Å². The van der Waals surface area contributed by atoms with Crippen molar-refractivity contribution < 1.29 is 5.11 Å². The summed E-state index contributed by atoms with van der Waals surface area (Å²) in [6, 6.07) is 24.0. The van der Waals surface area contributed by atoms with E-state index >= 15 is 0 Å². The van der Waals surface area contributed by atoms with Gasteiger partial charge in [-0.1, -0.05) is 60.7 Å². The van der Waals surface area contributed by atoms with E-state index in [2.05, 4.69) is 5.32 Å². The number of aliphatic hydroxyl groups is 1.